The lowest BCUT2D eigenvalue weighted by molar-refractivity contribution is -0.118. The standard InChI is InChI=1S/C22H26ClN3O2/c1-3-24-22(28)16-7-6-8-17(13-16)25-21(27)14-26(18-11-12-18)15(2)19-9-4-5-10-20(19)23/h4-10,13,15,18H,3,11-12,14H2,1-2H3,(H,24,28)(H,25,27). The lowest BCUT2D eigenvalue weighted by Gasteiger charge is -2.29. The molecule has 1 unspecified atom stereocenters. The van der Waals surface area contributed by atoms with Gasteiger partial charge in [-0.3, -0.25) is 14.5 Å². The summed E-state index contributed by atoms with van der Waals surface area (Å²) in [6.07, 6.45) is 2.18. The van der Waals surface area contributed by atoms with Crippen molar-refractivity contribution < 1.29 is 9.59 Å². The average Bonchev–Trinajstić information content (AvgIpc) is 3.51. The van der Waals surface area contributed by atoms with Crippen LogP contribution in [0.25, 0.3) is 0 Å². The zero-order valence-electron chi connectivity index (χ0n) is 16.2. The second-order valence-corrected chi connectivity index (χ2v) is 7.50. The Hall–Kier alpha value is -2.37. The van der Waals surface area contributed by atoms with Crippen LogP contribution in [0.4, 0.5) is 5.69 Å². The first-order valence-electron chi connectivity index (χ1n) is 9.68. The van der Waals surface area contributed by atoms with Crippen molar-refractivity contribution in [1.82, 2.24) is 10.2 Å². The molecule has 2 aromatic carbocycles. The quantitative estimate of drug-likeness (QED) is 0.697. The third kappa shape index (κ3) is 5.12. The number of anilines is 1. The Bertz CT molecular complexity index is 851. The minimum atomic E-state index is -0.148. The van der Waals surface area contributed by atoms with Crippen LogP contribution in [-0.4, -0.2) is 35.8 Å². The first kappa shape index (κ1) is 20.4. The number of hydrogen-bond acceptors (Lipinski definition) is 3. The number of benzene rings is 2. The predicted octanol–water partition coefficient (Wildman–Crippen LogP) is 4.25. The van der Waals surface area contributed by atoms with E-state index in [2.05, 4.69) is 22.5 Å². The van der Waals surface area contributed by atoms with Crippen LogP contribution in [0.2, 0.25) is 5.02 Å². The van der Waals surface area contributed by atoms with E-state index in [-0.39, 0.29) is 24.4 Å². The van der Waals surface area contributed by atoms with Crippen LogP contribution in [-0.2, 0) is 4.79 Å². The molecule has 2 aromatic rings. The van der Waals surface area contributed by atoms with E-state index in [0.717, 1.165) is 23.4 Å². The van der Waals surface area contributed by atoms with Gasteiger partial charge < -0.3 is 10.6 Å². The van der Waals surface area contributed by atoms with Gasteiger partial charge in [0.15, 0.2) is 0 Å². The molecule has 0 saturated heterocycles. The number of nitrogens with zero attached hydrogens (tertiary/aromatic N) is 1. The summed E-state index contributed by atoms with van der Waals surface area (Å²) in [5.74, 6) is -0.246. The molecule has 3 rings (SSSR count). The molecule has 1 aliphatic rings. The first-order valence-corrected chi connectivity index (χ1v) is 10.1. The number of amides is 2. The summed E-state index contributed by atoms with van der Waals surface area (Å²) in [4.78, 5) is 26.9. The van der Waals surface area contributed by atoms with E-state index in [0.29, 0.717) is 23.8 Å². The summed E-state index contributed by atoms with van der Waals surface area (Å²) in [7, 11) is 0. The number of halogens is 1. The van der Waals surface area contributed by atoms with Crippen molar-refractivity contribution in [3.05, 3.63) is 64.7 Å². The van der Waals surface area contributed by atoms with E-state index in [9.17, 15) is 9.59 Å². The van der Waals surface area contributed by atoms with Crippen molar-refractivity contribution in [2.45, 2.75) is 38.8 Å². The molecule has 1 saturated carbocycles. The molecule has 1 aliphatic carbocycles. The maximum Gasteiger partial charge on any atom is 0.251 e. The predicted molar refractivity (Wildman–Crippen MR) is 113 cm³/mol. The lowest BCUT2D eigenvalue weighted by atomic mass is 10.1. The molecule has 1 fully saturated rings. The maximum atomic E-state index is 12.7. The van der Waals surface area contributed by atoms with Gasteiger partial charge in [0.05, 0.1) is 6.54 Å². The Kier molecular flexibility index (Phi) is 6.70. The summed E-state index contributed by atoms with van der Waals surface area (Å²) >= 11 is 6.36. The minimum absolute atomic E-state index is 0.0496. The molecule has 2 N–H and O–H groups in total. The van der Waals surface area contributed by atoms with Crippen molar-refractivity contribution >= 4 is 29.1 Å². The summed E-state index contributed by atoms with van der Waals surface area (Å²) < 4.78 is 0. The summed E-state index contributed by atoms with van der Waals surface area (Å²) in [6, 6.07) is 15.2. The summed E-state index contributed by atoms with van der Waals surface area (Å²) in [5.41, 5.74) is 2.18. The highest BCUT2D eigenvalue weighted by Crippen LogP contribution is 2.36. The van der Waals surface area contributed by atoms with Gasteiger partial charge in [-0.15, -0.1) is 0 Å². The Balaban J connectivity index is 1.68. The minimum Gasteiger partial charge on any atom is -0.352 e. The molecule has 0 spiro atoms. The second-order valence-electron chi connectivity index (χ2n) is 7.09. The van der Waals surface area contributed by atoms with E-state index < -0.39 is 0 Å². The van der Waals surface area contributed by atoms with Crippen molar-refractivity contribution in [2.75, 3.05) is 18.4 Å². The normalized spacial score (nSPS) is 14.6. The van der Waals surface area contributed by atoms with Gasteiger partial charge in [0, 0.05) is 34.9 Å². The third-order valence-electron chi connectivity index (χ3n) is 4.94. The number of nitrogens with one attached hydrogen (secondary N) is 2. The Morgan fingerprint density at radius 1 is 1.18 bits per heavy atom. The van der Waals surface area contributed by atoms with Gasteiger partial charge in [-0.05, 0) is 56.5 Å². The average molecular weight is 400 g/mol. The number of carbonyl (C=O) groups is 2. The van der Waals surface area contributed by atoms with E-state index >= 15 is 0 Å². The van der Waals surface area contributed by atoms with Crippen LogP contribution in [0.5, 0.6) is 0 Å². The summed E-state index contributed by atoms with van der Waals surface area (Å²) in [6.45, 7) is 4.80. The van der Waals surface area contributed by atoms with E-state index in [1.165, 1.54) is 0 Å². The van der Waals surface area contributed by atoms with Gasteiger partial charge >= 0.3 is 0 Å². The Labute approximate surface area is 171 Å². The lowest BCUT2D eigenvalue weighted by Crippen LogP contribution is -2.37. The fraction of sp³-hybridized carbons (Fsp3) is 0.364. The molecule has 0 aliphatic heterocycles. The van der Waals surface area contributed by atoms with E-state index in [1.807, 2.05) is 31.2 Å². The van der Waals surface area contributed by atoms with Crippen molar-refractivity contribution in [3.8, 4) is 0 Å². The fourth-order valence-corrected chi connectivity index (χ4v) is 3.64. The molecule has 0 radical (unpaired) electrons. The first-order chi connectivity index (χ1) is 13.5. The molecule has 2 amide bonds. The highest BCUT2D eigenvalue weighted by molar-refractivity contribution is 6.31. The molecular weight excluding hydrogens is 374 g/mol. The van der Waals surface area contributed by atoms with Crippen molar-refractivity contribution in [1.29, 1.82) is 0 Å². The zero-order chi connectivity index (χ0) is 20.1. The van der Waals surface area contributed by atoms with Gasteiger partial charge in [-0.1, -0.05) is 35.9 Å². The van der Waals surface area contributed by atoms with Crippen LogP contribution >= 0.6 is 11.6 Å². The summed E-state index contributed by atoms with van der Waals surface area (Å²) in [5, 5.41) is 6.40. The monoisotopic (exact) mass is 399 g/mol. The Morgan fingerprint density at radius 2 is 1.93 bits per heavy atom. The Morgan fingerprint density at radius 3 is 2.61 bits per heavy atom. The fourth-order valence-electron chi connectivity index (χ4n) is 3.35. The van der Waals surface area contributed by atoms with Crippen LogP contribution in [0.1, 0.15) is 48.7 Å². The molecule has 5 nitrogen and oxygen atoms in total. The molecule has 1 atom stereocenters. The van der Waals surface area contributed by atoms with Crippen LogP contribution < -0.4 is 10.6 Å². The van der Waals surface area contributed by atoms with E-state index in [4.69, 9.17) is 11.6 Å². The SMILES string of the molecule is CCNC(=O)c1cccc(NC(=O)CN(C2CC2)C(C)c2ccccc2Cl)c1. The molecule has 6 heteroatoms. The smallest absolute Gasteiger partial charge is 0.251 e. The molecule has 28 heavy (non-hydrogen) atoms. The molecule has 148 valence electrons. The highest BCUT2D eigenvalue weighted by atomic mass is 35.5. The van der Waals surface area contributed by atoms with Gasteiger partial charge in [0.25, 0.3) is 5.91 Å². The largest absolute Gasteiger partial charge is 0.352 e. The molecular formula is C22H26ClN3O2. The third-order valence-corrected chi connectivity index (χ3v) is 5.28. The van der Waals surface area contributed by atoms with Crippen LogP contribution in [0, 0.1) is 0 Å². The van der Waals surface area contributed by atoms with E-state index in [1.54, 1.807) is 24.3 Å². The van der Waals surface area contributed by atoms with Gasteiger partial charge in [0.2, 0.25) is 5.91 Å². The van der Waals surface area contributed by atoms with Gasteiger partial charge in [0.1, 0.15) is 0 Å². The maximum absolute atomic E-state index is 12.7. The zero-order valence-corrected chi connectivity index (χ0v) is 17.0. The van der Waals surface area contributed by atoms with Crippen molar-refractivity contribution in [2.24, 2.45) is 0 Å². The highest BCUT2D eigenvalue weighted by Gasteiger charge is 2.34. The van der Waals surface area contributed by atoms with Crippen LogP contribution in [0.15, 0.2) is 48.5 Å². The number of rotatable bonds is 8. The van der Waals surface area contributed by atoms with Crippen molar-refractivity contribution in [3.63, 3.8) is 0 Å². The van der Waals surface area contributed by atoms with Gasteiger partial charge in [-0.25, -0.2) is 0 Å². The molecule has 0 bridgehead atoms. The topological polar surface area (TPSA) is 61.4 Å². The second kappa shape index (κ2) is 9.22. The number of carbonyl (C=O) groups excluding carboxylic acids is 2. The number of hydrogen-bond donors (Lipinski definition) is 2. The van der Waals surface area contributed by atoms with Crippen LogP contribution in [0.3, 0.4) is 0 Å². The van der Waals surface area contributed by atoms with Gasteiger partial charge in [-0.2, -0.15) is 0 Å². The molecule has 0 heterocycles. The molecule has 0 aromatic heterocycles.